The van der Waals surface area contributed by atoms with Crippen molar-refractivity contribution in [2.24, 2.45) is 0 Å². The molecule has 2 N–H and O–H groups in total. The largest absolute Gasteiger partial charge is 0.379 e. The van der Waals surface area contributed by atoms with Gasteiger partial charge in [-0.2, -0.15) is 0 Å². The summed E-state index contributed by atoms with van der Waals surface area (Å²) in [6.07, 6.45) is 1.78. The Balaban J connectivity index is 2.62. The highest BCUT2D eigenvalue weighted by molar-refractivity contribution is 5.16. The molecular weight excluding hydrogens is 217 g/mol. The van der Waals surface area contributed by atoms with Gasteiger partial charge in [-0.25, -0.2) is 13.2 Å². The molecule has 0 aromatic heterocycles. The van der Waals surface area contributed by atoms with Crippen LogP contribution in [0.5, 0.6) is 0 Å². The Bertz CT molecular complexity index is 271. The van der Waals surface area contributed by atoms with E-state index in [4.69, 9.17) is 0 Å². The van der Waals surface area contributed by atoms with Crippen LogP contribution in [0.3, 0.4) is 0 Å². The zero-order valence-electron chi connectivity index (χ0n) is 9.27. The quantitative estimate of drug-likeness (QED) is 0.727. The van der Waals surface area contributed by atoms with Crippen LogP contribution in [0.25, 0.3) is 0 Å². The van der Waals surface area contributed by atoms with Crippen molar-refractivity contribution in [3.8, 4) is 0 Å². The van der Waals surface area contributed by atoms with E-state index in [2.05, 4.69) is 17.2 Å². The number of hydrogen-bond donors (Lipinski definition) is 2. The van der Waals surface area contributed by atoms with E-state index in [1.165, 1.54) is 12.2 Å². The molecule has 1 fully saturated rings. The highest BCUT2D eigenvalue weighted by Crippen LogP contribution is 2.22. The molecule has 0 aromatic carbocycles. The van der Waals surface area contributed by atoms with Gasteiger partial charge in [0.1, 0.15) is 6.17 Å². The van der Waals surface area contributed by atoms with Gasteiger partial charge in [0.05, 0.1) is 5.70 Å². The topological polar surface area (TPSA) is 24.1 Å². The molecule has 0 bridgehead atoms. The molecule has 0 amide bonds. The average Bonchev–Trinajstić information content (AvgIpc) is 2.16. The second-order valence-electron chi connectivity index (χ2n) is 4.04. The van der Waals surface area contributed by atoms with E-state index in [1.54, 1.807) is 0 Å². The molecule has 0 aromatic rings. The Labute approximate surface area is 93.6 Å². The SMILES string of the molecule is C=C/C=C(/NC1CNCC(F)C1)C(C)(F)F. The molecular formula is C11H17F3N2. The number of alkyl halides is 3. The summed E-state index contributed by atoms with van der Waals surface area (Å²) in [7, 11) is 0. The molecule has 92 valence electrons. The summed E-state index contributed by atoms with van der Waals surface area (Å²) >= 11 is 0. The second-order valence-corrected chi connectivity index (χ2v) is 4.04. The van der Waals surface area contributed by atoms with Crippen molar-refractivity contribution < 1.29 is 13.2 Å². The maximum absolute atomic E-state index is 13.1. The lowest BCUT2D eigenvalue weighted by Gasteiger charge is -2.29. The van der Waals surface area contributed by atoms with Crippen LogP contribution in [-0.4, -0.2) is 31.2 Å². The molecule has 5 heteroatoms. The van der Waals surface area contributed by atoms with E-state index in [9.17, 15) is 13.2 Å². The van der Waals surface area contributed by atoms with Crippen molar-refractivity contribution in [3.05, 3.63) is 24.4 Å². The third kappa shape index (κ3) is 3.89. The fraction of sp³-hybridized carbons (Fsp3) is 0.636. The number of rotatable bonds is 4. The van der Waals surface area contributed by atoms with Crippen LogP contribution >= 0.6 is 0 Å². The van der Waals surface area contributed by atoms with E-state index in [0.29, 0.717) is 13.1 Å². The van der Waals surface area contributed by atoms with Gasteiger partial charge in [0, 0.05) is 32.5 Å². The van der Waals surface area contributed by atoms with Gasteiger partial charge in [0.15, 0.2) is 0 Å². The molecule has 2 nitrogen and oxygen atoms in total. The summed E-state index contributed by atoms with van der Waals surface area (Å²) in [5.74, 6) is -2.96. The molecule has 0 spiro atoms. The van der Waals surface area contributed by atoms with Gasteiger partial charge in [0.25, 0.3) is 5.92 Å². The number of piperidine rings is 1. The molecule has 0 saturated carbocycles. The molecule has 16 heavy (non-hydrogen) atoms. The smallest absolute Gasteiger partial charge is 0.284 e. The van der Waals surface area contributed by atoms with E-state index in [0.717, 1.165) is 6.92 Å². The highest BCUT2D eigenvalue weighted by Gasteiger charge is 2.30. The summed E-state index contributed by atoms with van der Waals surface area (Å²) in [6.45, 7) is 4.97. The molecule has 2 atom stereocenters. The predicted molar refractivity (Wildman–Crippen MR) is 58.2 cm³/mol. The van der Waals surface area contributed by atoms with Gasteiger partial charge < -0.3 is 10.6 Å². The molecule has 2 unspecified atom stereocenters. The number of allylic oxidation sites excluding steroid dienone is 3. The summed E-state index contributed by atoms with van der Waals surface area (Å²) in [5.41, 5.74) is -0.219. The molecule has 0 radical (unpaired) electrons. The first-order valence-corrected chi connectivity index (χ1v) is 5.26. The lowest BCUT2D eigenvalue weighted by Crippen LogP contribution is -2.49. The Morgan fingerprint density at radius 2 is 2.19 bits per heavy atom. The molecule has 1 saturated heterocycles. The zero-order chi connectivity index (χ0) is 12.2. The highest BCUT2D eigenvalue weighted by atomic mass is 19.3. The summed E-state index contributed by atoms with van der Waals surface area (Å²) in [5, 5.41) is 5.51. The molecule has 1 rings (SSSR count). The minimum absolute atomic E-state index is 0.219. The fourth-order valence-corrected chi connectivity index (χ4v) is 1.66. The molecule has 1 heterocycles. The first-order valence-electron chi connectivity index (χ1n) is 5.26. The zero-order valence-corrected chi connectivity index (χ0v) is 9.27. The lowest BCUT2D eigenvalue weighted by molar-refractivity contribution is 0.0517. The van der Waals surface area contributed by atoms with Crippen molar-refractivity contribution >= 4 is 0 Å². The van der Waals surface area contributed by atoms with Crippen LogP contribution in [0.15, 0.2) is 24.4 Å². The van der Waals surface area contributed by atoms with Crippen LogP contribution in [0.4, 0.5) is 13.2 Å². The number of nitrogens with one attached hydrogen (secondary N) is 2. The minimum atomic E-state index is -2.96. The monoisotopic (exact) mass is 234 g/mol. The van der Waals surface area contributed by atoms with Crippen molar-refractivity contribution in [1.29, 1.82) is 0 Å². The lowest BCUT2D eigenvalue weighted by atomic mass is 10.1. The third-order valence-electron chi connectivity index (χ3n) is 2.41. The van der Waals surface area contributed by atoms with Gasteiger partial charge in [-0.3, -0.25) is 0 Å². The number of hydrogen-bond acceptors (Lipinski definition) is 2. The van der Waals surface area contributed by atoms with Crippen LogP contribution in [0, 0.1) is 0 Å². The Morgan fingerprint density at radius 3 is 2.69 bits per heavy atom. The summed E-state index contributed by atoms with van der Waals surface area (Å²) in [6, 6.07) is -0.305. The van der Waals surface area contributed by atoms with Crippen LogP contribution in [0.2, 0.25) is 0 Å². The van der Waals surface area contributed by atoms with E-state index >= 15 is 0 Å². The fourth-order valence-electron chi connectivity index (χ4n) is 1.66. The average molecular weight is 234 g/mol. The van der Waals surface area contributed by atoms with Gasteiger partial charge in [0.2, 0.25) is 0 Å². The van der Waals surface area contributed by atoms with Gasteiger partial charge in [-0.15, -0.1) is 0 Å². The maximum atomic E-state index is 13.1. The van der Waals surface area contributed by atoms with Gasteiger partial charge in [-0.05, 0) is 6.08 Å². The van der Waals surface area contributed by atoms with Crippen molar-refractivity contribution in [1.82, 2.24) is 10.6 Å². The van der Waals surface area contributed by atoms with Crippen LogP contribution < -0.4 is 10.6 Å². The second kappa shape index (κ2) is 5.39. The predicted octanol–water partition coefficient (Wildman–Crippen LogP) is 2.00. The van der Waals surface area contributed by atoms with Crippen molar-refractivity contribution in [2.75, 3.05) is 13.1 Å². The van der Waals surface area contributed by atoms with E-state index in [1.807, 2.05) is 0 Å². The Hall–Kier alpha value is -0.970. The number of halogens is 3. The third-order valence-corrected chi connectivity index (χ3v) is 2.41. The van der Waals surface area contributed by atoms with Crippen LogP contribution in [-0.2, 0) is 0 Å². The summed E-state index contributed by atoms with van der Waals surface area (Å²) in [4.78, 5) is 0. The van der Waals surface area contributed by atoms with Crippen molar-refractivity contribution in [2.45, 2.75) is 31.5 Å². The molecule has 0 aliphatic carbocycles. The Kier molecular flexibility index (Phi) is 4.41. The normalized spacial score (nSPS) is 27.6. The van der Waals surface area contributed by atoms with Gasteiger partial charge in [-0.1, -0.05) is 12.7 Å². The molecule has 1 aliphatic heterocycles. The summed E-state index contributed by atoms with van der Waals surface area (Å²) < 4.78 is 39.3. The van der Waals surface area contributed by atoms with E-state index in [-0.39, 0.29) is 18.2 Å². The minimum Gasteiger partial charge on any atom is -0.379 e. The van der Waals surface area contributed by atoms with Gasteiger partial charge >= 0.3 is 0 Å². The van der Waals surface area contributed by atoms with Crippen LogP contribution in [0.1, 0.15) is 13.3 Å². The Morgan fingerprint density at radius 1 is 1.50 bits per heavy atom. The maximum Gasteiger partial charge on any atom is 0.284 e. The van der Waals surface area contributed by atoms with Crippen molar-refractivity contribution in [3.63, 3.8) is 0 Å². The standard InChI is InChI=1S/C11H17F3N2/c1-3-4-10(11(2,13)14)16-9-5-8(12)6-15-7-9/h3-4,8-9,15-16H,1,5-7H2,2H3/b10-4+. The molecule has 1 aliphatic rings. The first kappa shape index (κ1) is 13.1. The first-order chi connectivity index (χ1) is 7.43. The van der Waals surface area contributed by atoms with E-state index < -0.39 is 12.1 Å².